The molecular formula is C5H11NO. The van der Waals surface area contributed by atoms with Gasteiger partial charge in [0, 0.05) is 0 Å². The van der Waals surface area contributed by atoms with Crippen molar-refractivity contribution in [1.29, 1.82) is 0 Å². The average molecular weight is 101 g/mol. The minimum atomic E-state index is 0.469. The Morgan fingerprint density at radius 3 is 2.43 bits per heavy atom. The van der Waals surface area contributed by atoms with Gasteiger partial charge in [0.2, 0.25) is 0 Å². The van der Waals surface area contributed by atoms with Crippen molar-refractivity contribution in [3.05, 3.63) is 4.91 Å². The summed E-state index contributed by atoms with van der Waals surface area (Å²) in [5.74, 6) is 0.470. The van der Waals surface area contributed by atoms with Gasteiger partial charge in [-0.15, -0.1) is 0 Å². The van der Waals surface area contributed by atoms with Crippen molar-refractivity contribution >= 4 is 0 Å². The fraction of sp³-hybridized carbons (Fsp3) is 1.00. The molecule has 0 fully saturated rings. The Kier molecular flexibility index (Phi) is 3.56. The molecule has 0 amide bonds. The van der Waals surface area contributed by atoms with E-state index in [0.717, 1.165) is 6.42 Å². The van der Waals surface area contributed by atoms with Crippen molar-refractivity contribution in [1.82, 2.24) is 0 Å². The third-order valence-electron chi connectivity index (χ3n) is 1.08. The smallest absolute Gasteiger partial charge is 0.0836 e. The Bertz CT molecular complexity index is 54.0. The first kappa shape index (κ1) is 6.60. The first-order valence-corrected chi connectivity index (χ1v) is 2.60. The molecule has 42 valence electrons. The minimum Gasteiger partial charge on any atom is -0.151 e. The van der Waals surface area contributed by atoms with Crippen LogP contribution in [0.1, 0.15) is 20.3 Å². The lowest BCUT2D eigenvalue weighted by atomic mass is 10.1. The Morgan fingerprint density at radius 1 is 1.71 bits per heavy atom. The van der Waals surface area contributed by atoms with E-state index in [2.05, 4.69) is 12.1 Å². The Balaban J connectivity index is 2.98. The summed E-state index contributed by atoms with van der Waals surface area (Å²) < 4.78 is 0. The molecule has 1 atom stereocenters. The van der Waals surface area contributed by atoms with Gasteiger partial charge in [0.15, 0.2) is 0 Å². The van der Waals surface area contributed by atoms with E-state index in [4.69, 9.17) is 0 Å². The Morgan fingerprint density at radius 2 is 2.29 bits per heavy atom. The average Bonchev–Trinajstić information content (AvgIpc) is 1.68. The summed E-state index contributed by atoms with van der Waals surface area (Å²) in [5, 5.41) is 2.76. The summed E-state index contributed by atoms with van der Waals surface area (Å²) in [5.41, 5.74) is 0. The van der Waals surface area contributed by atoms with E-state index in [1.165, 1.54) is 0 Å². The monoisotopic (exact) mass is 101 g/mol. The molecule has 0 aromatic rings. The second kappa shape index (κ2) is 3.78. The van der Waals surface area contributed by atoms with Crippen molar-refractivity contribution in [3.63, 3.8) is 0 Å². The number of nitroso groups, excluding NO2 is 1. The topological polar surface area (TPSA) is 29.4 Å². The van der Waals surface area contributed by atoms with Crippen LogP contribution in [0, 0.1) is 10.8 Å². The largest absolute Gasteiger partial charge is 0.151 e. The molecule has 2 heteroatoms. The molecular weight excluding hydrogens is 90.1 g/mol. The fourth-order valence-electron chi connectivity index (χ4n) is 0.256. The zero-order valence-electron chi connectivity index (χ0n) is 4.85. The highest BCUT2D eigenvalue weighted by Crippen LogP contribution is 1.98. The molecule has 2 nitrogen and oxygen atoms in total. The maximum Gasteiger partial charge on any atom is 0.0836 e. The lowest BCUT2D eigenvalue weighted by Gasteiger charge is -1.96. The lowest BCUT2D eigenvalue weighted by Crippen LogP contribution is -1.94. The minimum absolute atomic E-state index is 0.469. The van der Waals surface area contributed by atoms with Crippen LogP contribution in [-0.2, 0) is 0 Å². The number of nitrogens with zero attached hydrogens (tertiary/aromatic N) is 1. The number of hydrogen-bond acceptors (Lipinski definition) is 2. The molecule has 0 aromatic carbocycles. The van der Waals surface area contributed by atoms with Gasteiger partial charge in [-0.3, -0.25) is 0 Å². The maximum absolute atomic E-state index is 9.52. The molecule has 0 N–H and O–H groups in total. The van der Waals surface area contributed by atoms with E-state index < -0.39 is 0 Å². The molecule has 0 aliphatic carbocycles. The molecule has 1 unspecified atom stereocenters. The standard InChI is InChI=1S/C5H11NO/c1-3-5(2)4-6-7/h5H,3-4H2,1-2H3. The van der Waals surface area contributed by atoms with Crippen LogP contribution in [0.15, 0.2) is 5.18 Å². The van der Waals surface area contributed by atoms with Crippen LogP contribution in [0.3, 0.4) is 0 Å². The predicted octanol–water partition coefficient (Wildman–Crippen LogP) is 1.80. The lowest BCUT2D eigenvalue weighted by molar-refractivity contribution is 0.575. The highest BCUT2D eigenvalue weighted by atomic mass is 16.3. The van der Waals surface area contributed by atoms with E-state index in [-0.39, 0.29) is 0 Å². The summed E-state index contributed by atoms with van der Waals surface area (Å²) in [7, 11) is 0. The van der Waals surface area contributed by atoms with Crippen molar-refractivity contribution in [2.75, 3.05) is 6.54 Å². The molecule has 0 saturated carbocycles. The molecule has 0 aliphatic heterocycles. The molecule has 0 radical (unpaired) electrons. The van der Waals surface area contributed by atoms with Crippen LogP contribution in [0.4, 0.5) is 0 Å². The fourth-order valence-corrected chi connectivity index (χ4v) is 0.256. The quantitative estimate of drug-likeness (QED) is 0.498. The summed E-state index contributed by atoms with van der Waals surface area (Å²) in [6.45, 7) is 4.54. The van der Waals surface area contributed by atoms with Crippen LogP contribution < -0.4 is 0 Å². The van der Waals surface area contributed by atoms with E-state index in [1.807, 2.05) is 6.92 Å². The Hall–Kier alpha value is -0.400. The van der Waals surface area contributed by atoms with Gasteiger partial charge in [0.05, 0.1) is 6.54 Å². The van der Waals surface area contributed by atoms with Crippen molar-refractivity contribution in [3.8, 4) is 0 Å². The maximum atomic E-state index is 9.52. The highest BCUT2D eigenvalue weighted by Gasteiger charge is 1.94. The second-order valence-electron chi connectivity index (χ2n) is 1.83. The zero-order valence-corrected chi connectivity index (χ0v) is 4.85. The zero-order chi connectivity index (χ0) is 5.70. The first-order chi connectivity index (χ1) is 3.31. The van der Waals surface area contributed by atoms with Crippen LogP contribution in [0.2, 0.25) is 0 Å². The first-order valence-electron chi connectivity index (χ1n) is 2.60. The van der Waals surface area contributed by atoms with Gasteiger partial charge in [0.25, 0.3) is 0 Å². The molecule has 0 spiro atoms. The molecule has 7 heavy (non-hydrogen) atoms. The van der Waals surface area contributed by atoms with E-state index in [1.54, 1.807) is 0 Å². The van der Waals surface area contributed by atoms with E-state index in [9.17, 15) is 4.91 Å². The van der Waals surface area contributed by atoms with Crippen molar-refractivity contribution in [2.24, 2.45) is 11.1 Å². The summed E-state index contributed by atoms with van der Waals surface area (Å²) >= 11 is 0. The van der Waals surface area contributed by atoms with Crippen molar-refractivity contribution in [2.45, 2.75) is 20.3 Å². The summed E-state index contributed by atoms with van der Waals surface area (Å²) in [4.78, 5) is 9.52. The highest BCUT2D eigenvalue weighted by molar-refractivity contribution is 4.50. The normalized spacial score (nSPS) is 13.4. The van der Waals surface area contributed by atoms with Gasteiger partial charge in [-0.05, 0) is 5.92 Å². The third kappa shape index (κ3) is 3.43. The van der Waals surface area contributed by atoms with Crippen LogP contribution >= 0.6 is 0 Å². The number of rotatable bonds is 3. The molecule has 0 aliphatic rings. The molecule has 0 heterocycles. The Labute approximate surface area is 43.9 Å². The summed E-state index contributed by atoms with van der Waals surface area (Å²) in [6.07, 6.45) is 1.05. The van der Waals surface area contributed by atoms with Gasteiger partial charge in [0.1, 0.15) is 0 Å². The van der Waals surface area contributed by atoms with Gasteiger partial charge in [-0.25, -0.2) is 0 Å². The van der Waals surface area contributed by atoms with E-state index >= 15 is 0 Å². The molecule has 0 rings (SSSR count). The number of hydrogen-bond donors (Lipinski definition) is 0. The second-order valence-corrected chi connectivity index (χ2v) is 1.83. The molecule has 0 aromatic heterocycles. The summed E-state index contributed by atoms with van der Waals surface area (Å²) in [6, 6.07) is 0. The SMILES string of the molecule is CCC(C)CN=O. The van der Waals surface area contributed by atoms with Crippen LogP contribution in [-0.4, -0.2) is 6.54 Å². The van der Waals surface area contributed by atoms with Crippen molar-refractivity contribution < 1.29 is 0 Å². The van der Waals surface area contributed by atoms with Gasteiger partial charge < -0.3 is 0 Å². The van der Waals surface area contributed by atoms with Gasteiger partial charge >= 0.3 is 0 Å². The van der Waals surface area contributed by atoms with Crippen LogP contribution in [0.5, 0.6) is 0 Å². The molecule has 0 bridgehead atoms. The third-order valence-corrected chi connectivity index (χ3v) is 1.08. The predicted molar refractivity (Wildman–Crippen MR) is 30.1 cm³/mol. The van der Waals surface area contributed by atoms with E-state index in [0.29, 0.717) is 12.5 Å². The van der Waals surface area contributed by atoms with Gasteiger partial charge in [-0.2, -0.15) is 4.91 Å². The molecule has 0 saturated heterocycles. The van der Waals surface area contributed by atoms with Gasteiger partial charge in [-0.1, -0.05) is 25.4 Å². The van der Waals surface area contributed by atoms with Crippen LogP contribution in [0.25, 0.3) is 0 Å².